The maximum Gasteiger partial charge on any atom is 0.250 e. The Bertz CT molecular complexity index is 1650. The highest BCUT2D eigenvalue weighted by molar-refractivity contribution is 5.92. The Hall–Kier alpha value is -4.53. The van der Waals surface area contributed by atoms with Crippen LogP contribution in [0.1, 0.15) is 42.7 Å². The Morgan fingerprint density at radius 3 is 2.64 bits per heavy atom. The van der Waals surface area contributed by atoms with E-state index in [0.29, 0.717) is 49.0 Å². The number of fused-ring (bicyclic) bond motifs is 3. The highest BCUT2D eigenvalue weighted by Crippen LogP contribution is 2.35. The lowest BCUT2D eigenvalue weighted by atomic mass is 9.94. The number of morpholine rings is 1. The van der Waals surface area contributed by atoms with E-state index in [2.05, 4.69) is 33.5 Å². The number of ether oxygens (including phenoxy) is 2. The van der Waals surface area contributed by atoms with E-state index in [9.17, 15) is 10.1 Å². The molecular formula is C31H34N8O3. The molecule has 0 spiro atoms. The van der Waals surface area contributed by atoms with E-state index < -0.39 is 11.3 Å². The van der Waals surface area contributed by atoms with Gasteiger partial charge in [-0.25, -0.2) is 9.50 Å². The molecule has 4 aromatic rings. The van der Waals surface area contributed by atoms with Crippen molar-refractivity contribution in [1.29, 1.82) is 5.26 Å². The molecule has 2 unspecified atom stereocenters. The van der Waals surface area contributed by atoms with Crippen molar-refractivity contribution in [3.8, 4) is 22.9 Å². The van der Waals surface area contributed by atoms with E-state index in [-0.39, 0.29) is 6.10 Å². The van der Waals surface area contributed by atoms with Gasteiger partial charge in [0.1, 0.15) is 17.7 Å². The molecule has 1 amide bonds. The molecule has 42 heavy (non-hydrogen) atoms. The molecule has 3 N–H and O–H groups in total. The zero-order chi connectivity index (χ0) is 29.4. The van der Waals surface area contributed by atoms with Crippen LogP contribution in [0.4, 0.5) is 11.6 Å². The van der Waals surface area contributed by atoms with Crippen LogP contribution in [0.15, 0.2) is 55.0 Å². The van der Waals surface area contributed by atoms with Gasteiger partial charge in [0.05, 0.1) is 42.0 Å². The zero-order valence-corrected chi connectivity index (χ0v) is 23.9. The van der Waals surface area contributed by atoms with Gasteiger partial charge in [0, 0.05) is 61.2 Å². The smallest absolute Gasteiger partial charge is 0.250 e. The van der Waals surface area contributed by atoms with E-state index in [0.717, 1.165) is 40.9 Å². The summed E-state index contributed by atoms with van der Waals surface area (Å²) < 4.78 is 14.1. The van der Waals surface area contributed by atoms with Crippen LogP contribution in [0, 0.1) is 23.7 Å². The van der Waals surface area contributed by atoms with Gasteiger partial charge >= 0.3 is 0 Å². The molecule has 0 aromatic carbocycles. The number of nitrogens with one attached hydrogen (secondary N) is 1. The van der Waals surface area contributed by atoms with Crippen LogP contribution in [0.25, 0.3) is 16.6 Å². The number of nitriles is 1. The predicted octanol–water partition coefficient (Wildman–Crippen LogP) is 3.78. The summed E-state index contributed by atoms with van der Waals surface area (Å²) in [5.41, 5.74) is 8.75. The number of aryl methyl sites for hydroxylation is 1. The fraction of sp³-hybridized carbons (Fsp3) is 0.387. The SMILES string of the molecule is Cc1cc(-c2ccn3nc(N(CC(C)(C)C#N)c4ccc(C(N)=O)cn4)cc3c2)c(OC2CC3COCC(C2)N3)cn1. The van der Waals surface area contributed by atoms with E-state index >= 15 is 0 Å². The molecule has 216 valence electrons. The van der Waals surface area contributed by atoms with Gasteiger partial charge in [-0.1, -0.05) is 0 Å². The molecule has 2 fully saturated rings. The van der Waals surface area contributed by atoms with Crippen LogP contribution in [0.5, 0.6) is 5.75 Å². The number of hydrogen-bond acceptors (Lipinski definition) is 9. The molecule has 11 heteroatoms. The normalized spacial score (nSPS) is 20.2. The number of nitrogens with two attached hydrogens (primary N) is 1. The predicted molar refractivity (Wildman–Crippen MR) is 157 cm³/mol. The second-order valence-corrected chi connectivity index (χ2v) is 11.8. The Balaban J connectivity index is 1.33. The second-order valence-electron chi connectivity index (χ2n) is 11.8. The number of carbonyl (C=O) groups excluding carboxylic acids is 1. The molecular weight excluding hydrogens is 532 g/mol. The molecule has 6 rings (SSSR count). The Morgan fingerprint density at radius 2 is 1.95 bits per heavy atom. The summed E-state index contributed by atoms with van der Waals surface area (Å²) in [5, 5.41) is 18.2. The lowest BCUT2D eigenvalue weighted by molar-refractivity contribution is -0.0122. The monoisotopic (exact) mass is 566 g/mol. The average Bonchev–Trinajstić information content (AvgIpc) is 3.40. The number of nitrogens with zero attached hydrogens (tertiary/aromatic N) is 6. The molecule has 2 bridgehead atoms. The van der Waals surface area contributed by atoms with Crippen molar-refractivity contribution in [2.45, 2.75) is 51.8 Å². The third kappa shape index (κ3) is 5.77. The maximum absolute atomic E-state index is 11.6. The minimum absolute atomic E-state index is 0.0872. The number of amides is 1. The van der Waals surface area contributed by atoms with Crippen LogP contribution in [-0.2, 0) is 4.74 Å². The molecule has 2 aliphatic heterocycles. The van der Waals surface area contributed by atoms with Crippen molar-refractivity contribution in [2.24, 2.45) is 11.1 Å². The van der Waals surface area contributed by atoms with Crippen LogP contribution in [-0.4, -0.2) is 63.4 Å². The first kappa shape index (κ1) is 27.6. The molecule has 6 heterocycles. The number of aromatic nitrogens is 4. The van der Waals surface area contributed by atoms with Gasteiger partial charge in [0.2, 0.25) is 5.91 Å². The highest BCUT2D eigenvalue weighted by Gasteiger charge is 2.33. The van der Waals surface area contributed by atoms with E-state index in [1.54, 1.807) is 16.6 Å². The number of pyridine rings is 3. The first-order chi connectivity index (χ1) is 20.2. The third-order valence-corrected chi connectivity index (χ3v) is 7.70. The van der Waals surface area contributed by atoms with Gasteiger partial charge in [0.15, 0.2) is 5.82 Å². The largest absolute Gasteiger partial charge is 0.488 e. The Labute approximate surface area is 244 Å². The fourth-order valence-electron chi connectivity index (χ4n) is 5.61. The molecule has 2 saturated heterocycles. The van der Waals surface area contributed by atoms with Crippen LogP contribution in [0.2, 0.25) is 0 Å². The molecule has 4 aromatic heterocycles. The summed E-state index contributed by atoms with van der Waals surface area (Å²) in [4.78, 5) is 22.5. The minimum atomic E-state index is -0.689. The highest BCUT2D eigenvalue weighted by atomic mass is 16.5. The fourth-order valence-corrected chi connectivity index (χ4v) is 5.61. The first-order valence-corrected chi connectivity index (χ1v) is 14.1. The van der Waals surface area contributed by atoms with Crippen LogP contribution in [0.3, 0.4) is 0 Å². The molecule has 2 atom stereocenters. The quantitative estimate of drug-likeness (QED) is 0.326. The minimum Gasteiger partial charge on any atom is -0.488 e. The number of rotatable bonds is 8. The van der Waals surface area contributed by atoms with Crippen molar-refractivity contribution in [3.63, 3.8) is 0 Å². The lowest BCUT2D eigenvalue weighted by Crippen LogP contribution is -2.56. The van der Waals surface area contributed by atoms with Gasteiger partial charge in [-0.2, -0.15) is 5.26 Å². The van der Waals surface area contributed by atoms with E-state index in [1.807, 2.05) is 50.2 Å². The third-order valence-electron chi connectivity index (χ3n) is 7.70. The zero-order valence-electron chi connectivity index (χ0n) is 23.9. The summed E-state index contributed by atoms with van der Waals surface area (Å²) in [6.45, 7) is 7.46. The summed E-state index contributed by atoms with van der Waals surface area (Å²) in [7, 11) is 0. The first-order valence-electron chi connectivity index (χ1n) is 14.1. The molecule has 0 radical (unpaired) electrons. The van der Waals surface area contributed by atoms with E-state index in [4.69, 9.17) is 20.3 Å². The topological polar surface area (TPSA) is 144 Å². The Morgan fingerprint density at radius 1 is 1.17 bits per heavy atom. The lowest BCUT2D eigenvalue weighted by Gasteiger charge is -2.40. The van der Waals surface area contributed by atoms with Crippen molar-refractivity contribution in [3.05, 3.63) is 66.2 Å². The van der Waals surface area contributed by atoms with E-state index in [1.165, 1.54) is 6.20 Å². The summed E-state index contributed by atoms with van der Waals surface area (Å²) in [5.74, 6) is 1.39. The second kappa shape index (κ2) is 11.0. The standard InChI is InChI=1S/C31H34N8O3/c1-19-8-26(27(14-34-19)42-25-10-22-15-41-16-23(11-25)36-22)20-6-7-39-24(9-20)12-29(37-39)38(18-31(2,3)17-32)28-5-4-21(13-35-28)30(33)40/h4-9,12-14,22-23,25,36H,10-11,15-16,18H2,1-3H3,(H2,33,40). The number of primary amides is 1. The van der Waals surface area contributed by atoms with Gasteiger partial charge < -0.3 is 25.4 Å². The molecule has 2 aliphatic rings. The van der Waals surface area contributed by atoms with Gasteiger partial charge in [-0.05, 0) is 56.7 Å². The van der Waals surface area contributed by atoms with Crippen LogP contribution < -0.4 is 20.7 Å². The van der Waals surface area contributed by atoms with Gasteiger partial charge in [-0.15, -0.1) is 5.10 Å². The number of anilines is 2. The van der Waals surface area contributed by atoms with Crippen molar-refractivity contribution in [1.82, 2.24) is 24.9 Å². The van der Waals surface area contributed by atoms with Crippen molar-refractivity contribution >= 4 is 23.1 Å². The summed E-state index contributed by atoms with van der Waals surface area (Å²) in [6, 6.07) is 14.4. The number of hydrogen-bond donors (Lipinski definition) is 2. The average molecular weight is 567 g/mol. The summed E-state index contributed by atoms with van der Waals surface area (Å²) >= 11 is 0. The molecule has 11 nitrogen and oxygen atoms in total. The van der Waals surface area contributed by atoms with Gasteiger partial charge in [0.25, 0.3) is 0 Å². The van der Waals surface area contributed by atoms with Crippen LogP contribution >= 0.6 is 0 Å². The Kier molecular flexibility index (Phi) is 7.26. The number of carbonyl (C=O) groups is 1. The summed E-state index contributed by atoms with van der Waals surface area (Å²) in [6.07, 6.45) is 7.03. The van der Waals surface area contributed by atoms with Gasteiger partial charge in [-0.3, -0.25) is 9.78 Å². The maximum atomic E-state index is 11.6. The van der Waals surface area contributed by atoms with Crippen molar-refractivity contribution < 1.29 is 14.3 Å². The molecule has 0 aliphatic carbocycles. The number of piperidine rings is 1. The van der Waals surface area contributed by atoms with Crippen molar-refractivity contribution in [2.75, 3.05) is 24.7 Å². The molecule has 0 saturated carbocycles.